The summed E-state index contributed by atoms with van der Waals surface area (Å²) in [6.45, 7) is 0.690. The van der Waals surface area contributed by atoms with Crippen LogP contribution in [0.2, 0.25) is 0 Å². The average molecular weight is 299 g/mol. The molecule has 0 aliphatic carbocycles. The van der Waals surface area contributed by atoms with Crippen LogP contribution in [0.1, 0.15) is 17.2 Å². The molecule has 0 saturated heterocycles. The largest absolute Gasteiger partial charge is 0.497 e. The molecule has 0 bridgehead atoms. The molecule has 0 radical (unpaired) electrons. The van der Waals surface area contributed by atoms with E-state index in [2.05, 4.69) is 17.4 Å². The molecule has 0 fully saturated rings. The monoisotopic (exact) mass is 299 g/mol. The first-order valence-electron chi connectivity index (χ1n) is 7.23. The molecule has 0 heterocycles. The van der Waals surface area contributed by atoms with Gasteiger partial charge in [-0.1, -0.05) is 42.5 Å². The van der Waals surface area contributed by atoms with Gasteiger partial charge in [0.15, 0.2) is 0 Å². The van der Waals surface area contributed by atoms with Gasteiger partial charge in [-0.3, -0.25) is 0 Å². The van der Waals surface area contributed by atoms with Crippen molar-refractivity contribution < 1.29 is 14.3 Å². The normalized spacial score (nSPS) is 11.7. The van der Waals surface area contributed by atoms with Crippen LogP contribution in [0, 0.1) is 0 Å². The Morgan fingerprint density at radius 1 is 1.05 bits per heavy atom. The van der Waals surface area contributed by atoms with E-state index in [4.69, 9.17) is 9.47 Å². The van der Waals surface area contributed by atoms with E-state index < -0.39 is 6.04 Å². The van der Waals surface area contributed by atoms with E-state index >= 15 is 0 Å². The summed E-state index contributed by atoms with van der Waals surface area (Å²) in [7, 11) is 3.02. The predicted molar refractivity (Wildman–Crippen MR) is 85.9 cm³/mol. The van der Waals surface area contributed by atoms with E-state index in [1.54, 1.807) is 7.11 Å². The number of nitrogens with one attached hydrogen (secondary N) is 1. The number of carbonyl (C=O) groups excluding carboxylic acids is 1. The molecule has 2 rings (SSSR count). The highest BCUT2D eigenvalue weighted by Crippen LogP contribution is 2.19. The molecule has 2 aromatic carbocycles. The maximum Gasteiger partial charge on any atom is 0.327 e. The number of carbonyl (C=O) groups is 1. The SMILES string of the molecule is COC(=O)C(NCCc1ccccc1)c1ccc(OC)cc1. The van der Waals surface area contributed by atoms with Crippen LogP contribution < -0.4 is 10.1 Å². The van der Waals surface area contributed by atoms with Crippen molar-refractivity contribution in [3.63, 3.8) is 0 Å². The van der Waals surface area contributed by atoms with Gasteiger partial charge in [0.2, 0.25) is 0 Å². The van der Waals surface area contributed by atoms with E-state index in [1.807, 2.05) is 42.5 Å². The third-order valence-corrected chi connectivity index (χ3v) is 3.49. The van der Waals surface area contributed by atoms with Crippen LogP contribution in [0.15, 0.2) is 54.6 Å². The van der Waals surface area contributed by atoms with Gasteiger partial charge in [0, 0.05) is 6.54 Å². The first-order chi connectivity index (χ1) is 10.7. The molecule has 0 aliphatic heterocycles. The highest BCUT2D eigenvalue weighted by atomic mass is 16.5. The lowest BCUT2D eigenvalue weighted by atomic mass is 10.1. The fourth-order valence-corrected chi connectivity index (χ4v) is 2.26. The second kappa shape index (κ2) is 8.20. The Labute approximate surface area is 131 Å². The van der Waals surface area contributed by atoms with Crippen LogP contribution in [-0.4, -0.2) is 26.7 Å². The summed E-state index contributed by atoms with van der Waals surface area (Å²) in [6, 6.07) is 17.1. The van der Waals surface area contributed by atoms with Crippen LogP contribution in [0.5, 0.6) is 5.75 Å². The Morgan fingerprint density at radius 3 is 2.32 bits per heavy atom. The average Bonchev–Trinajstić information content (AvgIpc) is 2.59. The lowest BCUT2D eigenvalue weighted by molar-refractivity contribution is -0.143. The van der Waals surface area contributed by atoms with E-state index in [0.717, 1.165) is 17.7 Å². The molecule has 116 valence electrons. The molecule has 1 N–H and O–H groups in total. The van der Waals surface area contributed by atoms with Crippen molar-refractivity contribution in [2.75, 3.05) is 20.8 Å². The van der Waals surface area contributed by atoms with E-state index in [1.165, 1.54) is 12.7 Å². The second-order valence-electron chi connectivity index (χ2n) is 4.92. The van der Waals surface area contributed by atoms with Crippen molar-refractivity contribution in [3.05, 3.63) is 65.7 Å². The summed E-state index contributed by atoms with van der Waals surface area (Å²) in [5, 5.41) is 3.26. The van der Waals surface area contributed by atoms with Gasteiger partial charge in [-0.15, -0.1) is 0 Å². The van der Waals surface area contributed by atoms with Gasteiger partial charge in [-0.25, -0.2) is 4.79 Å². The Hall–Kier alpha value is -2.33. The number of hydrogen-bond acceptors (Lipinski definition) is 4. The minimum atomic E-state index is -0.473. The number of methoxy groups -OCH3 is 2. The zero-order chi connectivity index (χ0) is 15.8. The number of hydrogen-bond donors (Lipinski definition) is 1. The molecule has 4 heteroatoms. The van der Waals surface area contributed by atoms with Crippen molar-refractivity contribution >= 4 is 5.97 Å². The maximum atomic E-state index is 12.0. The van der Waals surface area contributed by atoms with Gasteiger partial charge < -0.3 is 14.8 Å². The molecule has 4 nitrogen and oxygen atoms in total. The Balaban J connectivity index is 2.01. The van der Waals surface area contributed by atoms with Crippen molar-refractivity contribution in [1.29, 1.82) is 0 Å². The molecule has 2 aromatic rings. The van der Waals surface area contributed by atoms with Crippen molar-refractivity contribution in [1.82, 2.24) is 5.32 Å². The summed E-state index contributed by atoms with van der Waals surface area (Å²) in [6.07, 6.45) is 0.852. The lowest BCUT2D eigenvalue weighted by Gasteiger charge is -2.17. The minimum absolute atomic E-state index is 0.293. The standard InChI is InChI=1S/C18H21NO3/c1-21-16-10-8-15(9-11-16)17(18(20)22-2)19-13-12-14-6-4-3-5-7-14/h3-11,17,19H,12-13H2,1-2H3. The quantitative estimate of drug-likeness (QED) is 0.799. The molecule has 0 aliphatic rings. The lowest BCUT2D eigenvalue weighted by Crippen LogP contribution is -2.31. The predicted octanol–water partition coefficient (Wildman–Crippen LogP) is 2.74. The highest BCUT2D eigenvalue weighted by molar-refractivity contribution is 5.77. The number of rotatable bonds is 7. The zero-order valence-corrected chi connectivity index (χ0v) is 12.9. The molecule has 0 aromatic heterocycles. The van der Waals surface area contributed by atoms with Gasteiger partial charge in [0.25, 0.3) is 0 Å². The minimum Gasteiger partial charge on any atom is -0.497 e. The van der Waals surface area contributed by atoms with Gasteiger partial charge in [0.1, 0.15) is 11.8 Å². The third kappa shape index (κ3) is 4.33. The van der Waals surface area contributed by atoms with Gasteiger partial charge in [-0.05, 0) is 29.7 Å². The first kappa shape index (κ1) is 16.0. The Bertz CT molecular complexity index is 581. The molecule has 0 saturated carbocycles. The van der Waals surface area contributed by atoms with Crippen LogP contribution in [-0.2, 0) is 16.0 Å². The van der Waals surface area contributed by atoms with Crippen LogP contribution in [0.3, 0.4) is 0 Å². The zero-order valence-electron chi connectivity index (χ0n) is 12.9. The summed E-state index contributed by atoms with van der Waals surface area (Å²) in [5.41, 5.74) is 2.09. The molecule has 0 spiro atoms. The molecule has 22 heavy (non-hydrogen) atoms. The summed E-state index contributed by atoms with van der Waals surface area (Å²) < 4.78 is 10.0. The maximum absolute atomic E-state index is 12.0. The Kier molecular flexibility index (Phi) is 5.98. The molecule has 1 unspecified atom stereocenters. The molecule has 0 amide bonds. The highest BCUT2D eigenvalue weighted by Gasteiger charge is 2.20. The van der Waals surface area contributed by atoms with Gasteiger partial charge in [-0.2, -0.15) is 0 Å². The van der Waals surface area contributed by atoms with Crippen LogP contribution in [0.25, 0.3) is 0 Å². The van der Waals surface area contributed by atoms with Crippen molar-refractivity contribution in [2.24, 2.45) is 0 Å². The fourth-order valence-electron chi connectivity index (χ4n) is 2.26. The van der Waals surface area contributed by atoms with E-state index in [-0.39, 0.29) is 5.97 Å². The number of esters is 1. The van der Waals surface area contributed by atoms with Crippen LogP contribution >= 0.6 is 0 Å². The van der Waals surface area contributed by atoms with Crippen molar-refractivity contribution in [3.8, 4) is 5.75 Å². The first-order valence-corrected chi connectivity index (χ1v) is 7.23. The van der Waals surface area contributed by atoms with Crippen molar-refractivity contribution in [2.45, 2.75) is 12.5 Å². The number of ether oxygens (including phenoxy) is 2. The summed E-state index contributed by atoms with van der Waals surface area (Å²) in [4.78, 5) is 12.0. The molecular weight excluding hydrogens is 278 g/mol. The second-order valence-corrected chi connectivity index (χ2v) is 4.92. The Morgan fingerprint density at radius 2 is 1.73 bits per heavy atom. The van der Waals surface area contributed by atoms with E-state index in [0.29, 0.717) is 6.54 Å². The van der Waals surface area contributed by atoms with E-state index in [9.17, 15) is 4.79 Å². The topological polar surface area (TPSA) is 47.6 Å². The van der Waals surface area contributed by atoms with Gasteiger partial charge >= 0.3 is 5.97 Å². The third-order valence-electron chi connectivity index (χ3n) is 3.49. The summed E-state index contributed by atoms with van der Waals surface area (Å²) in [5.74, 6) is 0.467. The van der Waals surface area contributed by atoms with Gasteiger partial charge in [0.05, 0.1) is 14.2 Å². The fraction of sp³-hybridized carbons (Fsp3) is 0.278. The molecule has 1 atom stereocenters. The summed E-state index contributed by atoms with van der Waals surface area (Å²) >= 11 is 0. The smallest absolute Gasteiger partial charge is 0.327 e. The molecular formula is C18H21NO3. The number of benzene rings is 2. The van der Waals surface area contributed by atoms with Crippen LogP contribution in [0.4, 0.5) is 0 Å².